The van der Waals surface area contributed by atoms with Crippen molar-refractivity contribution >= 4 is 8.24 Å². The zero-order valence-electron chi connectivity index (χ0n) is 9.98. The molecule has 0 aromatic carbocycles. The molecule has 0 spiro atoms. The summed E-state index contributed by atoms with van der Waals surface area (Å²) in [6, 6.07) is 0.540. The van der Waals surface area contributed by atoms with Crippen molar-refractivity contribution in [3.63, 3.8) is 0 Å². The van der Waals surface area contributed by atoms with Crippen LogP contribution >= 0.6 is 0 Å². The molecule has 0 fully saturated rings. The summed E-state index contributed by atoms with van der Waals surface area (Å²) in [6.45, 7) is 14.7. The van der Waals surface area contributed by atoms with Crippen molar-refractivity contribution in [2.45, 2.75) is 39.4 Å². The van der Waals surface area contributed by atoms with E-state index in [2.05, 4.69) is 37.7 Å². The molecule has 0 aromatic rings. The Hall–Kier alpha value is -0.0831. The topological polar surface area (TPSA) is 3.24 Å². The molecule has 0 heterocycles. The first kappa shape index (κ1) is 10.0. The Morgan fingerprint density at radius 3 is 2.42 bits per heavy atom. The third kappa shape index (κ3) is 4.73. The molecule has 0 rings (SSSR count). The summed E-state index contributed by atoms with van der Waals surface area (Å²) >= 11 is 0. The Morgan fingerprint density at radius 1 is 1.50 bits per heavy atom. The molecule has 0 aromatic heterocycles. The fraction of sp³-hybridized carbons (Fsp3) is 0.800. The Kier molecular flexibility index (Phi) is 4.62. The summed E-state index contributed by atoms with van der Waals surface area (Å²) in [5.74, 6) is 0. The number of unbranched alkanes of at least 4 members (excludes halogenated alkanes) is 1. The molecule has 0 saturated heterocycles. The van der Waals surface area contributed by atoms with E-state index >= 15 is 0 Å². The first-order valence-corrected chi connectivity index (χ1v) is 8.22. The molecule has 0 amide bonds. The SMILES string of the molecule is [2H]C(=C)CN(CCCC)[Si](C)(C)C. The molecule has 1 nitrogen and oxygen atoms in total. The quantitative estimate of drug-likeness (QED) is 0.455. The van der Waals surface area contributed by atoms with E-state index in [4.69, 9.17) is 1.37 Å². The van der Waals surface area contributed by atoms with Crippen LogP contribution in [-0.4, -0.2) is 25.9 Å². The van der Waals surface area contributed by atoms with E-state index in [-0.39, 0.29) is 0 Å². The second-order valence-corrected chi connectivity index (χ2v) is 9.17. The highest BCUT2D eigenvalue weighted by atomic mass is 28.3. The van der Waals surface area contributed by atoms with E-state index in [1.165, 1.54) is 12.8 Å². The van der Waals surface area contributed by atoms with E-state index < -0.39 is 8.24 Å². The van der Waals surface area contributed by atoms with Gasteiger partial charge in [0.1, 0.15) is 8.24 Å². The van der Waals surface area contributed by atoms with E-state index in [0.29, 0.717) is 6.05 Å². The van der Waals surface area contributed by atoms with Crippen LogP contribution in [0.25, 0.3) is 0 Å². The molecule has 12 heavy (non-hydrogen) atoms. The van der Waals surface area contributed by atoms with Crippen LogP contribution in [-0.2, 0) is 0 Å². The zero-order chi connectivity index (χ0) is 10.5. The summed E-state index contributed by atoms with van der Waals surface area (Å²) in [7, 11) is -1.23. The Balaban J connectivity index is 4.11. The Bertz CT molecular complexity index is 163. The minimum absolute atomic E-state index is 0.540. The van der Waals surface area contributed by atoms with Gasteiger partial charge in [0.25, 0.3) is 0 Å². The van der Waals surface area contributed by atoms with Gasteiger partial charge in [-0.05, 0) is 13.0 Å². The van der Waals surface area contributed by atoms with Crippen LogP contribution in [0.3, 0.4) is 0 Å². The standard InChI is InChI=1S/C10H23NSi/c1-6-8-10-11(9-7-2)12(3,4)5/h7H,2,6,8-10H2,1,3-5H3/i7D. The van der Waals surface area contributed by atoms with Crippen LogP contribution in [0.4, 0.5) is 0 Å². The molecular weight excluding hydrogens is 162 g/mol. The lowest BCUT2D eigenvalue weighted by Gasteiger charge is -2.33. The van der Waals surface area contributed by atoms with Crippen LogP contribution in [0.2, 0.25) is 19.6 Å². The average Bonchev–Trinajstić information content (AvgIpc) is 1.95. The highest BCUT2D eigenvalue weighted by molar-refractivity contribution is 6.73. The minimum atomic E-state index is -1.23. The minimum Gasteiger partial charge on any atom is -0.321 e. The number of hydrogen-bond acceptors (Lipinski definition) is 1. The first-order chi connectivity index (χ1) is 5.88. The predicted octanol–water partition coefficient (Wildman–Crippen LogP) is 3.11. The number of rotatable bonds is 6. The summed E-state index contributed by atoms with van der Waals surface area (Å²) in [5.41, 5.74) is 0. The average molecular weight is 186 g/mol. The van der Waals surface area contributed by atoms with Gasteiger partial charge in [0, 0.05) is 6.54 Å². The monoisotopic (exact) mass is 186 g/mol. The second-order valence-electron chi connectivity index (χ2n) is 4.20. The molecule has 0 radical (unpaired) electrons. The van der Waals surface area contributed by atoms with Gasteiger partial charge in [-0.2, -0.15) is 0 Å². The smallest absolute Gasteiger partial charge is 0.119 e. The molecule has 72 valence electrons. The van der Waals surface area contributed by atoms with Gasteiger partial charge in [0.05, 0.1) is 1.37 Å². The van der Waals surface area contributed by atoms with Gasteiger partial charge in [0.15, 0.2) is 0 Å². The van der Waals surface area contributed by atoms with Gasteiger partial charge >= 0.3 is 0 Å². The van der Waals surface area contributed by atoms with Crippen molar-refractivity contribution in [1.29, 1.82) is 0 Å². The summed E-state index contributed by atoms with van der Waals surface area (Å²) in [5, 5.41) is 0. The van der Waals surface area contributed by atoms with Crippen molar-refractivity contribution in [2.24, 2.45) is 0 Å². The maximum Gasteiger partial charge on any atom is 0.119 e. The van der Waals surface area contributed by atoms with Gasteiger partial charge in [-0.15, -0.1) is 6.58 Å². The van der Waals surface area contributed by atoms with E-state index in [9.17, 15) is 0 Å². The third-order valence-corrected chi connectivity index (χ3v) is 4.31. The van der Waals surface area contributed by atoms with Crippen molar-refractivity contribution in [3.8, 4) is 0 Å². The molecule has 0 unspecified atom stereocenters. The lowest BCUT2D eigenvalue weighted by atomic mass is 10.3. The van der Waals surface area contributed by atoms with Crippen LogP contribution in [0.1, 0.15) is 21.1 Å². The normalized spacial score (nSPS) is 13.2. The molecule has 0 atom stereocenters. The molecule has 0 aliphatic heterocycles. The lowest BCUT2D eigenvalue weighted by Crippen LogP contribution is -2.46. The summed E-state index contributed by atoms with van der Waals surface area (Å²) in [6.07, 6.45) is 2.46. The summed E-state index contributed by atoms with van der Waals surface area (Å²) < 4.78 is 9.86. The van der Waals surface area contributed by atoms with Crippen molar-refractivity contribution in [1.82, 2.24) is 4.57 Å². The largest absolute Gasteiger partial charge is 0.321 e. The fourth-order valence-corrected chi connectivity index (χ4v) is 2.55. The third-order valence-electron chi connectivity index (χ3n) is 2.03. The van der Waals surface area contributed by atoms with Gasteiger partial charge in [-0.25, -0.2) is 0 Å². The predicted molar refractivity (Wildman–Crippen MR) is 60.0 cm³/mol. The van der Waals surface area contributed by atoms with E-state index in [1.807, 2.05) is 0 Å². The van der Waals surface area contributed by atoms with Gasteiger partial charge in [0.2, 0.25) is 0 Å². The highest BCUT2D eigenvalue weighted by Crippen LogP contribution is 2.10. The molecule has 0 aliphatic rings. The van der Waals surface area contributed by atoms with Crippen LogP contribution in [0, 0.1) is 0 Å². The van der Waals surface area contributed by atoms with Crippen LogP contribution in [0.5, 0.6) is 0 Å². The van der Waals surface area contributed by atoms with Crippen molar-refractivity contribution < 1.29 is 1.37 Å². The number of nitrogens with zero attached hydrogens (tertiary/aromatic N) is 1. The van der Waals surface area contributed by atoms with Crippen LogP contribution < -0.4 is 0 Å². The maximum atomic E-state index is 7.41. The van der Waals surface area contributed by atoms with Gasteiger partial charge < -0.3 is 4.57 Å². The molecule has 0 bridgehead atoms. The highest BCUT2D eigenvalue weighted by Gasteiger charge is 2.21. The van der Waals surface area contributed by atoms with Crippen LogP contribution in [0.15, 0.2) is 12.6 Å². The van der Waals surface area contributed by atoms with E-state index in [1.54, 1.807) is 0 Å². The molecule has 0 N–H and O–H groups in total. The van der Waals surface area contributed by atoms with Crippen molar-refractivity contribution in [2.75, 3.05) is 13.1 Å². The molecular formula is C10H23NSi. The second kappa shape index (κ2) is 5.54. The maximum absolute atomic E-state index is 7.41. The molecule has 2 heteroatoms. The number of hydrogen-bond donors (Lipinski definition) is 0. The Labute approximate surface area is 80.0 Å². The lowest BCUT2D eigenvalue weighted by molar-refractivity contribution is 0.451. The first-order valence-electron chi connectivity index (χ1n) is 5.27. The molecule has 0 saturated carbocycles. The van der Waals surface area contributed by atoms with Gasteiger partial charge in [-0.3, -0.25) is 0 Å². The Morgan fingerprint density at radius 2 is 2.08 bits per heavy atom. The van der Waals surface area contributed by atoms with E-state index in [0.717, 1.165) is 13.1 Å². The van der Waals surface area contributed by atoms with Crippen molar-refractivity contribution in [3.05, 3.63) is 12.6 Å². The zero-order valence-corrected chi connectivity index (χ0v) is 9.98. The van der Waals surface area contributed by atoms with Gasteiger partial charge in [-0.1, -0.05) is 39.0 Å². The molecule has 0 aliphatic carbocycles. The fourth-order valence-electron chi connectivity index (χ4n) is 1.14. The summed E-state index contributed by atoms with van der Waals surface area (Å²) in [4.78, 5) is 0.